The number of allylic oxidation sites excluding steroid dienone is 3. The molecular formula is C16H19NS. The lowest BCUT2D eigenvalue weighted by molar-refractivity contribution is 0.935. The molecule has 0 spiro atoms. The van der Waals surface area contributed by atoms with Crippen molar-refractivity contribution >= 4 is 23.9 Å². The van der Waals surface area contributed by atoms with Crippen LogP contribution >= 0.6 is 12.6 Å². The summed E-state index contributed by atoms with van der Waals surface area (Å²) in [6.07, 6.45) is 7.87. The standard InChI is InChI=1S/C16H19NS/c1-12(18)11-17-13(2)14-7-9-16(10-8-14)15-5-3-4-6-15/h5,7-11,18H,3-4,6H2,1-2H3/b12-11+,17-13+. The van der Waals surface area contributed by atoms with Crippen molar-refractivity contribution in [3.63, 3.8) is 0 Å². The minimum atomic E-state index is 0.919. The van der Waals surface area contributed by atoms with Gasteiger partial charge >= 0.3 is 0 Å². The Kier molecular flexibility index (Phi) is 4.43. The molecule has 0 heterocycles. The van der Waals surface area contributed by atoms with Crippen molar-refractivity contribution in [1.82, 2.24) is 0 Å². The molecule has 1 nitrogen and oxygen atoms in total. The van der Waals surface area contributed by atoms with Gasteiger partial charge in [-0.25, -0.2) is 0 Å². The predicted octanol–water partition coefficient (Wildman–Crippen LogP) is 4.85. The second-order valence-electron chi connectivity index (χ2n) is 4.68. The van der Waals surface area contributed by atoms with Crippen LogP contribution in [0.1, 0.15) is 44.2 Å². The molecule has 0 saturated heterocycles. The smallest absolute Gasteiger partial charge is 0.0445 e. The molecule has 0 bridgehead atoms. The Morgan fingerprint density at radius 1 is 1.22 bits per heavy atom. The van der Waals surface area contributed by atoms with Crippen molar-refractivity contribution in [3.05, 3.63) is 52.6 Å². The Labute approximate surface area is 115 Å². The van der Waals surface area contributed by atoms with E-state index in [2.05, 4.69) is 48.0 Å². The second kappa shape index (κ2) is 6.05. The molecule has 94 valence electrons. The zero-order valence-electron chi connectivity index (χ0n) is 11.0. The molecule has 18 heavy (non-hydrogen) atoms. The van der Waals surface area contributed by atoms with Crippen LogP contribution in [0, 0.1) is 0 Å². The van der Waals surface area contributed by atoms with E-state index in [1.165, 1.54) is 36.0 Å². The van der Waals surface area contributed by atoms with Gasteiger partial charge in [0.25, 0.3) is 0 Å². The van der Waals surface area contributed by atoms with Crippen LogP contribution in [0.2, 0.25) is 0 Å². The lowest BCUT2D eigenvalue weighted by Crippen LogP contribution is -1.94. The average Bonchev–Trinajstić information content (AvgIpc) is 2.90. The van der Waals surface area contributed by atoms with Crippen molar-refractivity contribution in [1.29, 1.82) is 0 Å². The summed E-state index contributed by atoms with van der Waals surface area (Å²) in [5.74, 6) is 0. The molecule has 2 heteroatoms. The van der Waals surface area contributed by atoms with E-state index in [4.69, 9.17) is 0 Å². The number of hydrogen-bond acceptors (Lipinski definition) is 2. The first kappa shape index (κ1) is 13.2. The first-order valence-electron chi connectivity index (χ1n) is 6.37. The maximum atomic E-state index is 4.38. The summed E-state index contributed by atoms with van der Waals surface area (Å²) in [6.45, 7) is 3.95. The van der Waals surface area contributed by atoms with Crippen LogP contribution in [0.15, 0.2) is 46.4 Å². The lowest BCUT2D eigenvalue weighted by atomic mass is 10.0. The van der Waals surface area contributed by atoms with E-state index < -0.39 is 0 Å². The molecule has 1 aromatic rings. The van der Waals surface area contributed by atoms with Crippen LogP contribution in [0.3, 0.4) is 0 Å². The molecule has 0 fully saturated rings. The third-order valence-electron chi connectivity index (χ3n) is 3.16. The Bertz CT molecular complexity index is 502. The third-order valence-corrected chi connectivity index (χ3v) is 3.27. The number of hydrogen-bond donors (Lipinski definition) is 1. The summed E-state index contributed by atoms with van der Waals surface area (Å²) in [4.78, 5) is 5.30. The average molecular weight is 257 g/mol. The fraction of sp³-hybridized carbons (Fsp3) is 0.312. The van der Waals surface area contributed by atoms with Crippen molar-refractivity contribution in [2.24, 2.45) is 4.99 Å². The van der Waals surface area contributed by atoms with Crippen LogP contribution in [-0.2, 0) is 0 Å². The fourth-order valence-electron chi connectivity index (χ4n) is 2.12. The van der Waals surface area contributed by atoms with Gasteiger partial charge in [0.05, 0.1) is 0 Å². The molecule has 0 atom stereocenters. The minimum Gasteiger partial charge on any atom is -0.260 e. The molecule has 1 aliphatic rings. The molecular weight excluding hydrogens is 238 g/mol. The first-order chi connectivity index (χ1) is 8.66. The van der Waals surface area contributed by atoms with Gasteiger partial charge in [0.1, 0.15) is 0 Å². The molecule has 1 aromatic carbocycles. The molecule has 0 N–H and O–H groups in total. The highest BCUT2D eigenvalue weighted by molar-refractivity contribution is 7.84. The van der Waals surface area contributed by atoms with Gasteiger partial charge in [0.2, 0.25) is 0 Å². The molecule has 0 unspecified atom stereocenters. The molecule has 0 aromatic heterocycles. The maximum absolute atomic E-state index is 4.38. The Morgan fingerprint density at radius 3 is 2.50 bits per heavy atom. The van der Waals surface area contributed by atoms with Gasteiger partial charge in [-0.3, -0.25) is 4.99 Å². The van der Waals surface area contributed by atoms with Gasteiger partial charge in [0.15, 0.2) is 0 Å². The largest absolute Gasteiger partial charge is 0.260 e. The zero-order valence-corrected chi connectivity index (χ0v) is 11.9. The Morgan fingerprint density at radius 2 is 1.94 bits per heavy atom. The fourth-order valence-corrected chi connectivity index (χ4v) is 2.18. The number of benzene rings is 1. The Balaban J connectivity index is 2.17. The van der Waals surface area contributed by atoms with Gasteiger partial charge in [-0.05, 0) is 54.7 Å². The minimum absolute atomic E-state index is 0.919. The van der Waals surface area contributed by atoms with E-state index in [1.54, 1.807) is 6.20 Å². The zero-order chi connectivity index (χ0) is 13.0. The van der Waals surface area contributed by atoms with Crippen LogP contribution in [-0.4, -0.2) is 5.71 Å². The van der Waals surface area contributed by atoms with Gasteiger partial charge in [0, 0.05) is 11.9 Å². The van der Waals surface area contributed by atoms with E-state index >= 15 is 0 Å². The molecule has 0 amide bonds. The summed E-state index contributed by atoms with van der Waals surface area (Å²) >= 11 is 4.21. The van der Waals surface area contributed by atoms with Gasteiger partial charge in [-0.2, -0.15) is 0 Å². The number of nitrogens with zero attached hydrogens (tertiary/aromatic N) is 1. The van der Waals surface area contributed by atoms with Crippen molar-refractivity contribution in [3.8, 4) is 0 Å². The number of aliphatic imine (C=N–C) groups is 1. The highest BCUT2D eigenvalue weighted by Gasteiger charge is 2.07. The Hall–Kier alpha value is -1.28. The van der Waals surface area contributed by atoms with E-state index in [-0.39, 0.29) is 0 Å². The SMILES string of the molecule is C/C(S)=C\N=C(/C)c1ccc(C2=CCCC2)cc1. The number of rotatable bonds is 3. The highest BCUT2D eigenvalue weighted by Crippen LogP contribution is 2.27. The third kappa shape index (κ3) is 3.36. The molecule has 0 radical (unpaired) electrons. The predicted molar refractivity (Wildman–Crippen MR) is 83.2 cm³/mol. The summed E-state index contributed by atoms with van der Waals surface area (Å²) in [6, 6.07) is 8.69. The van der Waals surface area contributed by atoms with Crippen LogP contribution in [0.5, 0.6) is 0 Å². The monoisotopic (exact) mass is 257 g/mol. The maximum Gasteiger partial charge on any atom is 0.0445 e. The summed E-state index contributed by atoms with van der Waals surface area (Å²) < 4.78 is 0. The van der Waals surface area contributed by atoms with Gasteiger partial charge in [-0.15, -0.1) is 12.6 Å². The second-order valence-corrected chi connectivity index (χ2v) is 5.39. The number of thiol groups is 1. The van der Waals surface area contributed by atoms with E-state index in [1.807, 2.05) is 13.8 Å². The topological polar surface area (TPSA) is 12.4 Å². The van der Waals surface area contributed by atoms with E-state index in [0.29, 0.717) is 0 Å². The summed E-state index contributed by atoms with van der Waals surface area (Å²) in [5.41, 5.74) is 5.03. The normalized spacial score (nSPS) is 16.9. The van der Waals surface area contributed by atoms with Crippen LogP contribution in [0.4, 0.5) is 0 Å². The highest BCUT2D eigenvalue weighted by atomic mass is 32.1. The van der Waals surface area contributed by atoms with Gasteiger partial charge < -0.3 is 0 Å². The van der Waals surface area contributed by atoms with Crippen LogP contribution in [0.25, 0.3) is 5.57 Å². The van der Waals surface area contributed by atoms with Crippen molar-refractivity contribution < 1.29 is 0 Å². The molecule has 0 aliphatic heterocycles. The van der Waals surface area contributed by atoms with Gasteiger partial charge in [-0.1, -0.05) is 30.3 Å². The van der Waals surface area contributed by atoms with Crippen molar-refractivity contribution in [2.45, 2.75) is 33.1 Å². The molecule has 0 saturated carbocycles. The lowest BCUT2D eigenvalue weighted by Gasteiger charge is -2.04. The summed E-state index contributed by atoms with van der Waals surface area (Å²) in [7, 11) is 0. The van der Waals surface area contributed by atoms with Crippen molar-refractivity contribution in [2.75, 3.05) is 0 Å². The molecule has 1 aliphatic carbocycles. The van der Waals surface area contributed by atoms with E-state index in [9.17, 15) is 0 Å². The first-order valence-corrected chi connectivity index (χ1v) is 6.81. The quantitative estimate of drug-likeness (QED) is 0.587. The van der Waals surface area contributed by atoms with Crippen LogP contribution < -0.4 is 0 Å². The summed E-state index contributed by atoms with van der Waals surface area (Å²) in [5, 5.41) is 0. The van der Waals surface area contributed by atoms with E-state index in [0.717, 1.165) is 10.6 Å². The molecule has 2 rings (SSSR count).